The molecule has 1 unspecified atom stereocenters. The van der Waals surface area contributed by atoms with Crippen molar-refractivity contribution in [1.29, 1.82) is 0 Å². The Morgan fingerprint density at radius 3 is 2.28 bits per heavy atom. The monoisotopic (exact) mass is 615 g/mol. The zero-order chi connectivity index (χ0) is 32.3. The Labute approximate surface area is 267 Å². The van der Waals surface area contributed by atoms with Crippen LogP contribution >= 0.6 is 0 Å². The first-order chi connectivity index (χ1) is 22.5. The molecule has 232 valence electrons. The molecule has 1 heterocycles. The summed E-state index contributed by atoms with van der Waals surface area (Å²) in [5.74, 6) is 3.09. The molecule has 1 aromatic heterocycles. The molecule has 0 spiro atoms. The molecule has 9 heteroatoms. The number of esters is 1. The number of carbonyl (C=O) groups is 2. The van der Waals surface area contributed by atoms with E-state index >= 15 is 0 Å². The second kappa shape index (κ2) is 15.3. The summed E-state index contributed by atoms with van der Waals surface area (Å²) in [6.07, 6.45) is 7.01. The van der Waals surface area contributed by atoms with Crippen LogP contribution in [0, 0.1) is 12.3 Å². The van der Waals surface area contributed by atoms with E-state index in [1.807, 2.05) is 42.5 Å². The van der Waals surface area contributed by atoms with E-state index in [9.17, 15) is 9.59 Å². The molecular weight excluding hydrogens is 582 g/mol. The summed E-state index contributed by atoms with van der Waals surface area (Å²) in [4.78, 5) is 34.4. The highest BCUT2D eigenvalue weighted by Crippen LogP contribution is 2.35. The zero-order valence-corrected chi connectivity index (χ0v) is 25.6. The molecule has 0 fully saturated rings. The molecule has 0 aliphatic carbocycles. The first kappa shape index (κ1) is 31.7. The molecule has 9 nitrogen and oxygen atoms in total. The average molecular weight is 616 g/mol. The minimum atomic E-state index is -0.529. The van der Waals surface area contributed by atoms with Crippen LogP contribution < -0.4 is 14.8 Å². The van der Waals surface area contributed by atoms with Gasteiger partial charge in [-0.25, -0.2) is 9.97 Å². The maximum absolute atomic E-state index is 12.8. The molecule has 0 aliphatic rings. The van der Waals surface area contributed by atoms with E-state index in [-0.39, 0.29) is 19.0 Å². The van der Waals surface area contributed by atoms with Crippen molar-refractivity contribution in [3.63, 3.8) is 0 Å². The number of nitrogens with one attached hydrogen (secondary N) is 1. The number of anilines is 2. The van der Waals surface area contributed by atoms with Crippen molar-refractivity contribution < 1.29 is 28.5 Å². The van der Waals surface area contributed by atoms with Crippen molar-refractivity contribution in [3.8, 4) is 23.8 Å². The fraction of sp³-hybridized carbons (Fsp3) is 0.189. The Morgan fingerprint density at radius 1 is 0.826 bits per heavy atom. The predicted octanol–water partition coefficient (Wildman–Crippen LogP) is 6.34. The van der Waals surface area contributed by atoms with Crippen LogP contribution in [0.25, 0.3) is 10.9 Å². The van der Waals surface area contributed by atoms with Gasteiger partial charge in [0.05, 0.1) is 18.0 Å². The van der Waals surface area contributed by atoms with Crippen LogP contribution in [-0.4, -0.2) is 55.3 Å². The topological polar surface area (TPSA) is 109 Å². The first-order valence-electron chi connectivity index (χ1n) is 14.7. The van der Waals surface area contributed by atoms with Gasteiger partial charge >= 0.3 is 5.97 Å². The number of terminal acetylenes is 1. The summed E-state index contributed by atoms with van der Waals surface area (Å²) in [5.41, 5.74) is 4.05. The molecule has 0 saturated carbocycles. The summed E-state index contributed by atoms with van der Waals surface area (Å²) in [6, 6.07) is 27.1. The lowest BCUT2D eigenvalue weighted by atomic mass is 9.97. The normalized spacial score (nSPS) is 11.3. The fourth-order valence-corrected chi connectivity index (χ4v) is 4.68. The number of ketones is 1. The van der Waals surface area contributed by atoms with Crippen molar-refractivity contribution in [3.05, 3.63) is 120 Å². The molecule has 0 radical (unpaired) electrons. The van der Waals surface area contributed by atoms with Crippen LogP contribution in [0.5, 0.6) is 11.5 Å². The van der Waals surface area contributed by atoms with Crippen molar-refractivity contribution >= 4 is 34.2 Å². The molecule has 5 rings (SSSR count). The van der Waals surface area contributed by atoms with Gasteiger partial charge in [0.1, 0.15) is 32.0 Å². The lowest BCUT2D eigenvalue weighted by Crippen LogP contribution is -2.17. The van der Waals surface area contributed by atoms with E-state index in [0.717, 1.165) is 16.8 Å². The molecule has 0 saturated heterocycles. The number of hydrogen-bond donors (Lipinski definition) is 1. The van der Waals surface area contributed by atoms with E-state index in [4.69, 9.17) is 25.4 Å². The van der Waals surface area contributed by atoms with E-state index < -0.39 is 11.9 Å². The number of carbonyl (C=O) groups excluding carboxylic acids is 2. The van der Waals surface area contributed by atoms with Gasteiger partial charge in [0.25, 0.3) is 0 Å². The van der Waals surface area contributed by atoms with Gasteiger partial charge < -0.3 is 24.3 Å². The smallest absolute Gasteiger partial charge is 0.313 e. The summed E-state index contributed by atoms with van der Waals surface area (Å²) in [7, 11) is 1.59. The molecule has 5 aromatic rings. The lowest BCUT2D eigenvalue weighted by molar-refractivity contribution is -0.145. The van der Waals surface area contributed by atoms with Crippen LogP contribution in [-0.2, 0) is 14.3 Å². The zero-order valence-electron chi connectivity index (χ0n) is 25.6. The predicted molar refractivity (Wildman–Crippen MR) is 176 cm³/mol. The van der Waals surface area contributed by atoms with Gasteiger partial charge in [0.15, 0.2) is 17.3 Å². The van der Waals surface area contributed by atoms with E-state index in [0.29, 0.717) is 52.6 Å². The number of nitrogens with zero attached hydrogens (tertiary/aromatic N) is 2. The summed E-state index contributed by atoms with van der Waals surface area (Å²) in [6.45, 7) is 2.54. The molecule has 1 atom stereocenters. The quantitative estimate of drug-likeness (QED) is 0.0663. The van der Waals surface area contributed by atoms with Crippen LogP contribution in [0.1, 0.15) is 39.9 Å². The van der Waals surface area contributed by atoms with Crippen molar-refractivity contribution in [2.45, 2.75) is 12.8 Å². The van der Waals surface area contributed by atoms with Gasteiger partial charge in [0, 0.05) is 40.9 Å². The Balaban J connectivity index is 1.23. The highest BCUT2D eigenvalue weighted by atomic mass is 16.6. The van der Waals surface area contributed by atoms with Gasteiger partial charge in [-0.15, -0.1) is 6.42 Å². The van der Waals surface area contributed by atoms with Crippen LogP contribution in [0.15, 0.2) is 97.3 Å². The minimum absolute atomic E-state index is 0.0192. The number of benzene rings is 4. The fourth-order valence-electron chi connectivity index (χ4n) is 4.68. The number of rotatable bonds is 14. The van der Waals surface area contributed by atoms with Crippen molar-refractivity contribution in [1.82, 2.24) is 9.97 Å². The average Bonchev–Trinajstić information content (AvgIpc) is 3.10. The summed E-state index contributed by atoms with van der Waals surface area (Å²) >= 11 is 0. The second-order valence-corrected chi connectivity index (χ2v) is 10.3. The molecule has 0 aliphatic heterocycles. The van der Waals surface area contributed by atoms with Gasteiger partial charge in [-0.3, -0.25) is 9.59 Å². The molecule has 0 amide bonds. The molecular formula is C37H33N3O6. The third kappa shape index (κ3) is 7.86. The van der Waals surface area contributed by atoms with Gasteiger partial charge in [-0.1, -0.05) is 66.6 Å². The summed E-state index contributed by atoms with van der Waals surface area (Å²) < 4.78 is 22.6. The molecule has 1 N–H and O–H groups in total. The largest absolute Gasteiger partial charge is 0.487 e. The standard InChI is InChI=1S/C37H33N3O6/c1-4-26-9-8-12-30(21-26)40-36-31-22-33(44-18-17-43-3)34(23-32(31)38-24-39-36)45-19-20-46-37(42)25(2)27-13-15-29(16-14-27)35(41)28-10-6-5-7-11-28/h1,5-16,21-25H,17-20H2,2-3H3,(H,38,39,40). The number of aromatic nitrogens is 2. The number of hydrogen-bond acceptors (Lipinski definition) is 9. The third-order valence-corrected chi connectivity index (χ3v) is 7.19. The molecule has 4 aromatic carbocycles. The van der Waals surface area contributed by atoms with Crippen LogP contribution in [0.2, 0.25) is 0 Å². The lowest BCUT2D eigenvalue weighted by Gasteiger charge is -2.16. The van der Waals surface area contributed by atoms with E-state index in [1.165, 1.54) is 6.33 Å². The summed E-state index contributed by atoms with van der Waals surface area (Å²) in [5, 5.41) is 4.01. The van der Waals surface area contributed by atoms with Crippen LogP contribution in [0.4, 0.5) is 11.5 Å². The molecule has 46 heavy (non-hydrogen) atoms. The van der Waals surface area contributed by atoms with Gasteiger partial charge in [-0.05, 0) is 36.8 Å². The highest BCUT2D eigenvalue weighted by Gasteiger charge is 2.19. The molecule has 0 bridgehead atoms. The van der Waals surface area contributed by atoms with Crippen molar-refractivity contribution in [2.24, 2.45) is 0 Å². The first-order valence-corrected chi connectivity index (χ1v) is 14.7. The Hall–Kier alpha value is -5.72. The number of ether oxygens (including phenoxy) is 4. The Morgan fingerprint density at radius 2 is 1.54 bits per heavy atom. The Kier molecular flexibility index (Phi) is 10.6. The maximum Gasteiger partial charge on any atom is 0.313 e. The third-order valence-electron chi connectivity index (χ3n) is 7.19. The van der Waals surface area contributed by atoms with Gasteiger partial charge in [-0.2, -0.15) is 0 Å². The minimum Gasteiger partial charge on any atom is -0.487 e. The number of fused-ring (bicyclic) bond motifs is 1. The highest BCUT2D eigenvalue weighted by molar-refractivity contribution is 6.09. The number of methoxy groups -OCH3 is 1. The maximum atomic E-state index is 12.8. The van der Waals surface area contributed by atoms with Crippen LogP contribution in [0.3, 0.4) is 0 Å². The van der Waals surface area contributed by atoms with E-state index in [1.54, 1.807) is 62.6 Å². The SMILES string of the molecule is C#Cc1cccc(Nc2ncnc3cc(OCCOC(=O)C(C)c4ccc(C(=O)c5ccccc5)cc4)c(OCCOC)cc23)c1. The van der Waals surface area contributed by atoms with Gasteiger partial charge in [0.2, 0.25) is 0 Å². The second-order valence-electron chi connectivity index (χ2n) is 10.3. The van der Waals surface area contributed by atoms with E-state index in [2.05, 4.69) is 21.2 Å². The van der Waals surface area contributed by atoms with Crippen molar-refractivity contribution in [2.75, 3.05) is 38.9 Å². The Bertz CT molecular complexity index is 1850.